The number of hydrogen-bond acceptors (Lipinski definition) is 3. The summed E-state index contributed by atoms with van der Waals surface area (Å²) in [6.45, 7) is 4.17. The topological polar surface area (TPSA) is 55.8 Å². The molecule has 1 aromatic carbocycles. The van der Waals surface area contributed by atoms with Gasteiger partial charge in [-0.05, 0) is 50.8 Å². The Bertz CT molecular complexity index is 545. The molecular formula is C21H33N3O2. The molecular weight excluding hydrogens is 326 g/mol. The molecule has 1 unspecified atom stereocenters. The lowest BCUT2D eigenvalue weighted by Gasteiger charge is -2.31. The Labute approximate surface area is 157 Å². The lowest BCUT2D eigenvalue weighted by atomic mass is 10.1. The third-order valence-electron chi connectivity index (χ3n) is 5.63. The van der Waals surface area contributed by atoms with Crippen LogP contribution < -0.4 is 5.32 Å². The van der Waals surface area contributed by atoms with Crippen LogP contribution in [0.5, 0.6) is 0 Å². The van der Waals surface area contributed by atoms with Gasteiger partial charge in [-0.1, -0.05) is 43.2 Å². The number of aliphatic hydroxyl groups is 1. The van der Waals surface area contributed by atoms with Gasteiger partial charge in [0, 0.05) is 25.7 Å². The van der Waals surface area contributed by atoms with Crippen molar-refractivity contribution in [1.29, 1.82) is 0 Å². The quantitative estimate of drug-likeness (QED) is 0.736. The van der Waals surface area contributed by atoms with Gasteiger partial charge < -0.3 is 20.2 Å². The van der Waals surface area contributed by atoms with Crippen molar-refractivity contribution in [1.82, 2.24) is 15.1 Å². The molecule has 1 aliphatic carbocycles. The summed E-state index contributed by atoms with van der Waals surface area (Å²) >= 11 is 0. The molecule has 0 radical (unpaired) electrons. The molecule has 144 valence electrons. The zero-order valence-corrected chi connectivity index (χ0v) is 15.8. The Hall–Kier alpha value is -1.59. The van der Waals surface area contributed by atoms with Gasteiger partial charge >= 0.3 is 6.03 Å². The number of urea groups is 1. The van der Waals surface area contributed by atoms with Gasteiger partial charge in [0.2, 0.25) is 0 Å². The van der Waals surface area contributed by atoms with Crippen molar-refractivity contribution in [3.8, 4) is 0 Å². The van der Waals surface area contributed by atoms with Crippen molar-refractivity contribution in [2.75, 3.05) is 26.2 Å². The maximum atomic E-state index is 12.8. The van der Waals surface area contributed by atoms with Crippen LogP contribution in [-0.2, 0) is 6.54 Å². The number of aliphatic hydroxyl groups excluding tert-OH is 1. The number of carbonyl (C=O) groups excluding carboxylic acids is 1. The second-order valence-corrected chi connectivity index (χ2v) is 7.73. The third kappa shape index (κ3) is 5.71. The van der Waals surface area contributed by atoms with E-state index in [9.17, 15) is 9.90 Å². The predicted octanol–water partition coefficient (Wildman–Crippen LogP) is 2.99. The minimum absolute atomic E-state index is 0.0689. The molecule has 5 heteroatoms. The van der Waals surface area contributed by atoms with Crippen molar-refractivity contribution in [3.05, 3.63) is 35.9 Å². The number of likely N-dealkylation sites (tertiary alicyclic amines) is 1. The molecule has 0 spiro atoms. The van der Waals surface area contributed by atoms with Gasteiger partial charge in [0.1, 0.15) is 0 Å². The molecule has 2 amide bonds. The molecule has 2 aliphatic rings. The number of carbonyl (C=O) groups is 1. The Morgan fingerprint density at radius 3 is 2.65 bits per heavy atom. The van der Waals surface area contributed by atoms with Gasteiger partial charge in [-0.25, -0.2) is 4.79 Å². The molecule has 1 atom stereocenters. The van der Waals surface area contributed by atoms with Crippen LogP contribution in [0.1, 0.15) is 50.5 Å². The van der Waals surface area contributed by atoms with E-state index in [4.69, 9.17) is 0 Å². The summed E-state index contributed by atoms with van der Waals surface area (Å²) in [5.74, 6) is 0. The van der Waals surface area contributed by atoms with E-state index in [1.165, 1.54) is 18.4 Å². The van der Waals surface area contributed by atoms with Crippen molar-refractivity contribution in [2.24, 2.45) is 0 Å². The molecule has 1 aromatic rings. The lowest BCUT2D eigenvalue weighted by Crippen LogP contribution is -2.45. The monoisotopic (exact) mass is 359 g/mol. The first-order chi connectivity index (χ1) is 12.7. The second-order valence-electron chi connectivity index (χ2n) is 7.73. The van der Waals surface area contributed by atoms with Gasteiger partial charge in [-0.2, -0.15) is 0 Å². The largest absolute Gasteiger partial charge is 0.392 e. The molecule has 1 saturated heterocycles. The van der Waals surface area contributed by atoms with E-state index in [0.717, 1.165) is 51.7 Å². The molecule has 1 aliphatic heterocycles. The fourth-order valence-corrected chi connectivity index (χ4v) is 4.20. The smallest absolute Gasteiger partial charge is 0.317 e. The molecule has 1 saturated carbocycles. The van der Waals surface area contributed by atoms with Crippen LogP contribution in [-0.4, -0.2) is 59.3 Å². The first-order valence-electron chi connectivity index (χ1n) is 10.2. The van der Waals surface area contributed by atoms with Crippen molar-refractivity contribution >= 4 is 6.03 Å². The highest BCUT2D eigenvalue weighted by molar-refractivity contribution is 5.74. The Balaban J connectivity index is 1.46. The van der Waals surface area contributed by atoms with Crippen LogP contribution in [0, 0.1) is 0 Å². The minimum atomic E-state index is -0.179. The number of benzene rings is 1. The highest BCUT2D eigenvalue weighted by Crippen LogP contribution is 2.25. The van der Waals surface area contributed by atoms with E-state index in [0.29, 0.717) is 19.1 Å². The maximum Gasteiger partial charge on any atom is 0.317 e. The summed E-state index contributed by atoms with van der Waals surface area (Å²) in [5, 5.41) is 12.9. The fourth-order valence-electron chi connectivity index (χ4n) is 4.20. The van der Waals surface area contributed by atoms with E-state index in [1.54, 1.807) is 0 Å². The van der Waals surface area contributed by atoms with E-state index in [-0.39, 0.29) is 12.1 Å². The van der Waals surface area contributed by atoms with Crippen LogP contribution in [0.3, 0.4) is 0 Å². The summed E-state index contributed by atoms with van der Waals surface area (Å²) in [4.78, 5) is 17.1. The predicted molar refractivity (Wildman–Crippen MR) is 104 cm³/mol. The molecule has 2 N–H and O–H groups in total. The number of nitrogens with one attached hydrogen (secondary N) is 1. The van der Waals surface area contributed by atoms with Crippen LogP contribution >= 0.6 is 0 Å². The maximum absolute atomic E-state index is 12.8. The lowest BCUT2D eigenvalue weighted by molar-refractivity contribution is 0.0701. The zero-order chi connectivity index (χ0) is 18.2. The van der Waals surface area contributed by atoms with Crippen molar-refractivity contribution < 1.29 is 9.90 Å². The first kappa shape index (κ1) is 19.2. The molecule has 26 heavy (non-hydrogen) atoms. The summed E-state index contributed by atoms with van der Waals surface area (Å²) in [7, 11) is 0. The number of nitrogens with zero attached hydrogens (tertiary/aromatic N) is 2. The summed E-state index contributed by atoms with van der Waals surface area (Å²) in [6.07, 6.45) is 7.42. The van der Waals surface area contributed by atoms with Gasteiger partial charge in [0.15, 0.2) is 0 Å². The molecule has 1 heterocycles. The summed E-state index contributed by atoms with van der Waals surface area (Å²) in [5.41, 5.74) is 1.19. The SMILES string of the molecule is O=C(NCCCN1CCCC(O)C1)N(Cc1ccccc1)C1CCCC1. The van der Waals surface area contributed by atoms with Gasteiger partial charge in [0.05, 0.1) is 6.10 Å². The molecule has 0 aromatic heterocycles. The number of rotatable bonds is 7. The number of β-amino-alcohol motifs (C(OH)–C–C–N with tert-alkyl or cyclic N) is 1. The Morgan fingerprint density at radius 1 is 1.15 bits per heavy atom. The van der Waals surface area contributed by atoms with E-state index in [1.807, 2.05) is 23.1 Å². The fraction of sp³-hybridized carbons (Fsp3) is 0.667. The summed E-state index contributed by atoms with van der Waals surface area (Å²) in [6, 6.07) is 10.7. The first-order valence-corrected chi connectivity index (χ1v) is 10.2. The van der Waals surface area contributed by atoms with E-state index in [2.05, 4.69) is 22.3 Å². The van der Waals surface area contributed by atoms with Gasteiger partial charge in [-0.3, -0.25) is 0 Å². The zero-order valence-electron chi connectivity index (χ0n) is 15.8. The molecule has 5 nitrogen and oxygen atoms in total. The van der Waals surface area contributed by atoms with Crippen LogP contribution in [0.25, 0.3) is 0 Å². The second kappa shape index (κ2) is 9.93. The average Bonchev–Trinajstić information content (AvgIpc) is 3.18. The Kier molecular flexibility index (Phi) is 7.32. The third-order valence-corrected chi connectivity index (χ3v) is 5.63. The summed E-state index contributed by atoms with van der Waals surface area (Å²) < 4.78 is 0. The molecule has 0 bridgehead atoms. The standard InChI is InChI=1S/C21H33N3O2/c25-20-12-6-14-23(17-20)15-7-13-22-21(26)24(19-10-4-5-11-19)16-18-8-2-1-3-9-18/h1-3,8-9,19-20,25H,4-7,10-17H2,(H,22,26). The van der Waals surface area contributed by atoms with Gasteiger partial charge in [0.25, 0.3) is 0 Å². The minimum Gasteiger partial charge on any atom is -0.392 e. The highest BCUT2D eigenvalue weighted by atomic mass is 16.3. The highest BCUT2D eigenvalue weighted by Gasteiger charge is 2.26. The Morgan fingerprint density at radius 2 is 1.92 bits per heavy atom. The van der Waals surface area contributed by atoms with Crippen LogP contribution in [0.2, 0.25) is 0 Å². The average molecular weight is 360 g/mol. The van der Waals surface area contributed by atoms with Crippen LogP contribution in [0.4, 0.5) is 4.79 Å². The van der Waals surface area contributed by atoms with Crippen LogP contribution in [0.15, 0.2) is 30.3 Å². The van der Waals surface area contributed by atoms with Gasteiger partial charge in [-0.15, -0.1) is 0 Å². The van der Waals surface area contributed by atoms with Crippen molar-refractivity contribution in [2.45, 2.75) is 63.6 Å². The van der Waals surface area contributed by atoms with E-state index >= 15 is 0 Å². The van der Waals surface area contributed by atoms with E-state index < -0.39 is 0 Å². The molecule has 2 fully saturated rings. The number of amides is 2. The molecule has 3 rings (SSSR count). The number of piperidine rings is 1. The normalized spacial score (nSPS) is 21.7. The van der Waals surface area contributed by atoms with Crippen molar-refractivity contribution in [3.63, 3.8) is 0 Å². The number of hydrogen-bond donors (Lipinski definition) is 2.